The first-order valence-corrected chi connectivity index (χ1v) is 19.8. The summed E-state index contributed by atoms with van der Waals surface area (Å²) in [5.74, 6) is -0.325. The van der Waals surface area contributed by atoms with E-state index in [2.05, 4.69) is 54.5 Å². The minimum absolute atomic E-state index is 0.0859. The molecule has 19 atom stereocenters. The van der Waals surface area contributed by atoms with Crippen LogP contribution in [0, 0.1) is 45.3 Å². The van der Waals surface area contributed by atoms with Crippen LogP contribution >= 0.6 is 0 Å². The number of aliphatic hydroxyl groups is 8. The Morgan fingerprint density at radius 1 is 0.788 bits per heavy atom. The third kappa shape index (κ3) is 6.56. The Kier molecular flexibility index (Phi) is 11.3. The molecule has 300 valence electrons. The molecule has 12 nitrogen and oxygen atoms in total. The van der Waals surface area contributed by atoms with Crippen LogP contribution in [0.5, 0.6) is 0 Å². The zero-order valence-electron chi connectivity index (χ0n) is 32.5. The Bertz CT molecular complexity index is 1300. The maximum Gasteiger partial charge on any atom is 0.186 e. The van der Waals surface area contributed by atoms with Crippen LogP contribution in [0.1, 0.15) is 107 Å². The van der Waals surface area contributed by atoms with E-state index in [-0.39, 0.29) is 53.1 Å². The highest BCUT2D eigenvalue weighted by Crippen LogP contribution is 2.76. The van der Waals surface area contributed by atoms with Gasteiger partial charge in [0.15, 0.2) is 12.6 Å². The summed E-state index contributed by atoms with van der Waals surface area (Å²) >= 11 is 0. The quantitative estimate of drug-likeness (QED) is 0.134. The summed E-state index contributed by atoms with van der Waals surface area (Å²) in [4.78, 5) is 0. The highest BCUT2D eigenvalue weighted by Gasteiger charge is 2.73. The van der Waals surface area contributed by atoms with Crippen LogP contribution in [0.3, 0.4) is 0 Å². The van der Waals surface area contributed by atoms with E-state index in [9.17, 15) is 40.9 Å². The van der Waals surface area contributed by atoms with Gasteiger partial charge in [-0.2, -0.15) is 0 Å². The normalized spacial score (nSPS) is 52.9. The summed E-state index contributed by atoms with van der Waals surface area (Å²) in [7, 11) is 0. The Morgan fingerprint density at radius 2 is 1.42 bits per heavy atom. The Morgan fingerprint density at radius 3 is 2.08 bits per heavy atom. The van der Waals surface area contributed by atoms with Crippen molar-refractivity contribution in [3.63, 3.8) is 0 Å². The molecule has 6 rings (SSSR count). The number of hydrogen-bond donors (Lipinski definition) is 8. The van der Waals surface area contributed by atoms with Gasteiger partial charge in [-0.05, 0) is 117 Å². The average Bonchev–Trinajstić information content (AvgIpc) is 3.44. The SMILES string of the molecule is CC(C)=CCCC(C)(O)C1CCC2(C)C1C(O)CC1C3(C)CCC(O)C(C)(C)C3C(OC3OCC(O)C(O)C3OC3OCC(O)C(O)C3O)CC12C. The lowest BCUT2D eigenvalue weighted by Crippen LogP contribution is -2.71. The van der Waals surface area contributed by atoms with Crippen molar-refractivity contribution in [1.82, 2.24) is 0 Å². The summed E-state index contributed by atoms with van der Waals surface area (Å²) in [6.07, 6.45) is -5.24. The van der Waals surface area contributed by atoms with E-state index in [0.29, 0.717) is 25.7 Å². The Balaban J connectivity index is 1.35. The van der Waals surface area contributed by atoms with E-state index in [4.69, 9.17) is 18.9 Å². The second kappa shape index (κ2) is 14.3. The van der Waals surface area contributed by atoms with Crippen molar-refractivity contribution in [2.45, 2.75) is 180 Å². The van der Waals surface area contributed by atoms with Crippen LogP contribution in [0.2, 0.25) is 0 Å². The Hall–Kier alpha value is -0.740. The van der Waals surface area contributed by atoms with Crippen molar-refractivity contribution in [3.05, 3.63) is 11.6 Å². The van der Waals surface area contributed by atoms with Gasteiger partial charge in [0.05, 0.1) is 37.1 Å². The van der Waals surface area contributed by atoms with Crippen LogP contribution in [0.25, 0.3) is 0 Å². The first-order chi connectivity index (χ1) is 24.1. The summed E-state index contributed by atoms with van der Waals surface area (Å²) in [5.41, 5.74) is -1.42. The number of rotatable bonds is 8. The maximum absolute atomic E-state index is 12.2. The number of aliphatic hydroxyl groups excluding tert-OH is 7. The minimum atomic E-state index is -1.62. The standard InChI is InChI=1S/C40H68O12/c1-20(2)10-9-13-40(8,48)21-11-15-38(6)28(21)22(41)16-26-37(5)14-12-27(44)36(3,4)33(37)25(17-39(26,38)7)51-35-32(30(46)24(43)19-50-35)52-34-31(47)29(45)23(42)18-49-34/h10,21-35,41-48H,9,11-19H2,1-8H3. The molecule has 0 aromatic carbocycles. The molecule has 6 aliphatic rings. The molecular weight excluding hydrogens is 672 g/mol. The summed E-state index contributed by atoms with van der Waals surface area (Å²) in [5, 5.41) is 88.6. The predicted octanol–water partition coefficient (Wildman–Crippen LogP) is 2.40. The lowest BCUT2D eigenvalue weighted by atomic mass is 9.34. The summed E-state index contributed by atoms with van der Waals surface area (Å²) < 4.78 is 24.7. The zero-order valence-corrected chi connectivity index (χ0v) is 32.5. The molecule has 0 bridgehead atoms. The second-order valence-electron chi connectivity index (χ2n) is 19.4. The Labute approximate surface area is 309 Å². The summed E-state index contributed by atoms with van der Waals surface area (Å²) in [6, 6.07) is 0. The van der Waals surface area contributed by atoms with E-state index in [1.54, 1.807) is 0 Å². The number of fused-ring (bicyclic) bond motifs is 5. The summed E-state index contributed by atoms with van der Waals surface area (Å²) in [6.45, 7) is 16.6. The third-order valence-electron chi connectivity index (χ3n) is 15.7. The number of ether oxygens (including phenoxy) is 4. The first kappa shape index (κ1) is 40.9. The van der Waals surface area contributed by atoms with Crippen LogP contribution in [0.15, 0.2) is 11.6 Å². The van der Waals surface area contributed by atoms with E-state index in [1.165, 1.54) is 5.57 Å². The van der Waals surface area contributed by atoms with Gasteiger partial charge in [-0.3, -0.25) is 0 Å². The third-order valence-corrected chi connectivity index (χ3v) is 15.7. The molecule has 2 heterocycles. The number of allylic oxidation sites excluding steroid dienone is 2. The van der Waals surface area contributed by atoms with Crippen molar-refractivity contribution in [1.29, 1.82) is 0 Å². The molecule has 52 heavy (non-hydrogen) atoms. The lowest BCUT2D eigenvalue weighted by Gasteiger charge is -2.72. The molecule has 0 radical (unpaired) electrons. The predicted molar refractivity (Wildman–Crippen MR) is 190 cm³/mol. The van der Waals surface area contributed by atoms with Crippen LogP contribution in [-0.2, 0) is 18.9 Å². The van der Waals surface area contributed by atoms with Crippen molar-refractivity contribution in [2.75, 3.05) is 13.2 Å². The van der Waals surface area contributed by atoms with E-state index in [1.807, 2.05) is 6.92 Å². The molecule has 2 saturated heterocycles. The maximum atomic E-state index is 12.2. The highest BCUT2D eigenvalue weighted by molar-refractivity contribution is 5.22. The fourth-order valence-electron chi connectivity index (χ4n) is 12.8. The molecule has 0 aromatic rings. The van der Waals surface area contributed by atoms with Gasteiger partial charge < -0.3 is 59.8 Å². The van der Waals surface area contributed by atoms with Gasteiger partial charge in [0.1, 0.15) is 36.6 Å². The molecule has 0 aromatic heterocycles. The van der Waals surface area contributed by atoms with Gasteiger partial charge in [0.25, 0.3) is 0 Å². The molecule has 12 heteroatoms. The zero-order chi connectivity index (χ0) is 38.3. The van der Waals surface area contributed by atoms with Crippen LogP contribution in [0.4, 0.5) is 0 Å². The van der Waals surface area contributed by atoms with E-state index >= 15 is 0 Å². The fourth-order valence-corrected chi connectivity index (χ4v) is 12.8. The minimum Gasteiger partial charge on any atom is -0.393 e. The van der Waals surface area contributed by atoms with Gasteiger partial charge in [0.2, 0.25) is 0 Å². The number of hydrogen-bond acceptors (Lipinski definition) is 12. The molecule has 0 amide bonds. The average molecular weight is 741 g/mol. The molecule has 19 unspecified atom stereocenters. The lowest BCUT2D eigenvalue weighted by molar-refractivity contribution is -0.365. The van der Waals surface area contributed by atoms with Crippen molar-refractivity contribution < 1.29 is 59.8 Å². The molecule has 4 saturated carbocycles. The molecule has 8 N–H and O–H groups in total. The molecular formula is C40H68O12. The first-order valence-electron chi connectivity index (χ1n) is 19.8. The topological polar surface area (TPSA) is 199 Å². The highest BCUT2D eigenvalue weighted by atomic mass is 16.7. The van der Waals surface area contributed by atoms with Gasteiger partial charge in [-0.25, -0.2) is 0 Å². The molecule has 0 spiro atoms. The molecule has 4 aliphatic carbocycles. The van der Waals surface area contributed by atoms with Crippen molar-refractivity contribution in [3.8, 4) is 0 Å². The van der Waals surface area contributed by atoms with Gasteiger partial charge in [0, 0.05) is 0 Å². The van der Waals surface area contributed by atoms with Crippen LogP contribution < -0.4 is 0 Å². The molecule has 2 aliphatic heterocycles. The van der Waals surface area contributed by atoms with E-state index in [0.717, 1.165) is 25.7 Å². The van der Waals surface area contributed by atoms with Crippen molar-refractivity contribution in [2.24, 2.45) is 45.3 Å². The van der Waals surface area contributed by atoms with Gasteiger partial charge in [-0.15, -0.1) is 0 Å². The van der Waals surface area contributed by atoms with Gasteiger partial charge >= 0.3 is 0 Å². The smallest absolute Gasteiger partial charge is 0.186 e. The largest absolute Gasteiger partial charge is 0.393 e. The second-order valence-corrected chi connectivity index (χ2v) is 19.4. The fraction of sp³-hybridized carbons (Fsp3) is 0.950. The monoisotopic (exact) mass is 740 g/mol. The van der Waals surface area contributed by atoms with Crippen molar-refractivity contribution >= 4 is 0 Å². The van der Waals surface area contributed by atoms with Gasteiger partial charge in [-0.1, -0.05) is 46.3 Å². The van der Waals surface area contributed by atoms with Crippen LogP contribution in [-0.4, -0.2) is 127 Å². The molecule has 6 fully saturated rings. The van der Waals surface area contributed by atoms with E-state index < -0.39 is 78.5 Å².